The van der Waals surface area contributed by atoms with Gasteiger partial charge in [0.25, 0.3) is 0 Å². The van der Waals surface area contributed by atoms with Crippen molar-refractivity contribution in [3.8, 4) is 5.75 Å². The Morgan fingerprint density at radius 1 is 1.53 bits per heavy atom. The monoisotopic (exact) mass is 266 g/mol. The molecule has 1 aromatic rings. The molecule has 0 aliphatic carbocycles. The van der Waals surface area contributed by atoms with E-state index in [-0.39, 0.29) is 23.4 Å². The van der Waals surface area contributed by atoms with Crippen molar-refractivity contribution in [3.05, 3.63) is 29.6 Å². The van der Waals surface area contributed by atoms with Gasteiger partial charge >= 0.3 is 0 Å². The van der Waals surface area contributed by atoms with Crippen LogP contribution in [0.4, 0.5) is 4.39 Å². The minimum Gasteiger partial charge on any atom is -0.491 e. The summed E-state index contributed by atoms with van der Waals surface area (Å²) in [6, 6.07) is 4.82. The average molecular weight is 266 g/mol. The highest BCUT2D eigenvalue weighted by Crippen LogP contribution is 2.19. The van der Waals surface area contributed by atoms with Gasteiger partial charge in [-0.15, -0.1) is 0 Å². The van der Waals surface area contributed by atoms with Gasteiger partial charge in [-0.2, -0.15) is 0 Å². The fraction of sp³-hybridized carbons (Fsp3) is 0.500. The number of halogens is 1. The molecule has 0 bridgehead atoms. The molecule has 1 heterocycles. The molecule has 0 aromatic heterocycles. The molecular formula is C14H19FN2O2. The van der Waals surface area contributed by atoms with E-state index in [9.17, 15) is 9.18 Å². The van der Waals surface area contributed by atoms with Gasteiger partial charge in [0.15, 0.2) is 11.6 Å². The molecular weight excluding hydrogens is 247 g/mol. The Kier molecular flexibility index (Phi) is 4.37. The lowest BCUT2D eigenvalue weighted by Crippen LogP contribution is -2.50. The molecule has 1 aromatic carbocycles. The van der Waals surface area contributed by atoms with Crippen molar-refractivity contribution in [1.29, 1.82) is 0 Å². The maximum Gasteiger partial charge on any atom is 0.228 e. The molecule has 0 atom stereocenters. The van der Waals surface area contributed by atoms with Crippen LogP contribution >= 0.6 is 0 Å². The summed E-state index contributed by atoms with van der Waals surface area (Å²) >= 11 is 0. The van der Waals surface area contributed by atoms with E-state index in [1.165, 1.54) is 6.07 Å². The normalized spacial score (nSPS) is 14.9. The van der Waals surface area contributed by atoms with E-state index in [0.717, 1.165) is 18.7 Å². The molecule has 4 nitrogen and oxygen atoms in total. The molecule has 19 heavy (non-hydrogen) atoms. The maximum absolute atomic E-state index is 13.7. The highest BCUT2D eigenvalue weighted by atomic mass is 19.1. The third kappa shape index (κ3) is 3.23. The van der Waals surface area contributed by atoms with Gasteiger partial charge in [0, 0.05) is 26.7 Å². The fourth-order valence-electron chi connectivity index (χ4n) is 2.04. The van der Waals surface area contributed by atoms with Crippen LogP contribution in [-0.2, 0) is 11.3 Å². The van der Waals surface area contributed by atoms with Gasteiger partial charge in [-0.1, -0.05) is 6.07 Å². The van der Waals surface area contributed by atoms with Gasteiger partial charge in [-0.05, 0) is 24.6 Å². The number of benzene rings is 1. The summed E-state index contributed by atoms with van der Waals surface area (Å²) < 4.78 is 18.8. The topological polar surface area (TPSA) is 41.6 Å². The van der Waals surface area contributed by atoms with Gasteiger partial charge in [0.05, 0.1) is 12.5 Å². The van der Waals surface area contributed by atoms with Crippen molar-refractivity contribution in [2.24, 2.45) is 5.92 Å². The molecule has 1 saturated heterocycles. The molecule has 0 unspecified atom stereocenters. The van der Waals surface area contributed by atoms with Crippen molar-refractivity contribution >= 4 is 5.91 Å². The predicted molar refractivity (Wildman–Crippen MR) is 70.4 cm³/mol. The van der Waals surface area contributed by atoms with Crippen LogP contribution in [-0.4, -0.2) is 37.6 Å². The molecule has 104 valence electrons. The number of carbonyl (C=O) groups excluding carboxylic acids is 1. The zero-order chi connectivity index (χ0) is 13.8. The van der Waals surface area contributed by atoms with Crippen molar-refractivity contribution in [2.45, 2.75) is 13.5 Å². The Morgan fingerprint density at radius 3 is 2.79 bits per heavy atom. The van der Waals surface area contributed by atoms with E-state index in [1.807, 2.05) is 6.92 Å². The highest BCUT2D eigenvalue weighted by molar-refractivity contribution is 5.79. The number of rotatable bonds is 5. The molecule has 1 fully saturated rings. The van der Waals surface area contributed by atoms with E-state index >= 15 is 0 Å². The number of carbonyl (C=O) groups is 1. The van der Waals surface area contributed by atoms with Crippen LogP contribution in [0.25, 0.3) is 0 Å². The SMILES string of the molecule is CCOc1ccc(CN(C)C(=O)C2CNC2)cc1F. The number of nitrogens with one attached hydrogen (secondary N) is 1. The van der Waals surface area contributed by atoms with Crippen LogP contribution < -0.4 is 10.1 Å². The zero-order valence-corrected chi connectivity index (χ0v) is 11.3. The Bertz CT molecular complexity index is 461. The van der Waals surface area contributed by atoms with E-state index < -0.39 is 0 Å². The maximum atomic E-state index is 13.7. The Labute approximate surface area is 112 Å². The fourth-order valence-corrected chi connectivity index (χ4v) is 2.04. The Hall–Kier alpha value is -1.62. The summed E-state index contributed by atoms with van der Waals surface area (Å²) in [4.78, 5) is 13.6. The summed E-state index contributed by atoms with van der Waals surface area (Å²) in [5, 5.41) is 3.07. The summed E-state index contributed by atoms with van der Waals surface area (Å²) in [6.45, 7) is 4.13. The van der Waals surface area contributed by atoms with Crippen LogP contribution in [0, 0.1) is 11.7 Å². The smallest absolute Gasteiger partial charge is 0.228 e. The number of ether oxygens (including phenoxy) is 1. The number of hydrogen-bond donors (Lipinski definition) is 1. The largest absolute Gasteiger partial charge is 0.491 e. The highest BCUT2D eigenvalue weighted by Gasteiger charge is 2.27. The first-order chi connectivity index (χ1) is 9.11. The summed E-state index contributed by atoms with van der Waals surface area (Å²) in [6.07, 6.45) is 0. The minimum absolute atomic E-state index is 0.0672. The second kappa shape index (κ2) is 6.02. The van der Waals surface area contributed by atoms with Gasteiger partial charge in [-0.25, -0.2) is 4.39 Å². The molecule has 1 amide bonds. The quantitative estimate of drug-likeness (QED) is 0.876. The lowest BCUT2D eigenvalue weighted by Gasteiger charge is -2.30. The standard InChI is InChI=1S/C14H19FN2O2/c1-3-19-13-5-4-10(6-12(13)15)9-17(2)14(18)11-7-16-8-11/h4-6,11,16H,3,7-9H2,1-2H3. The third-order valence-electron chi connectivity index (χ3n) is 3.22. The minimum atomic E-state index is -0.384. The molecule has 0 radical (unpaired) electrons. The van der Waals surface area contributed by atoms with E-state index in [4.69, 9.17) is 4.74 Å². The summed E-state index contributed by atoms with van der Waals surface area (Å²) in [5.74, 6) is 0.0412. The lowest BCUT2D eigenvalue weighted by molar-refractivity contribution is -0.136. The first-order valence-corrected chi connectivity index (χ1v) is 6.48. The molecule has 1 aliphatic heterocycles. The Morgan fingerprint density at radius 2 is 2.26 bits per heavy atom. The molecule has 2 rings (SSSR count). The second-order valence-corrected chi connectivity index (χ2v) is 4.75. The van der Waals surface area contributed by atoms with Gasteiger partial charge in [-0.3, -0.25) is 4.79 Å². The van der Waals surface area contributed by atoms with Gasteiger partial charge < -0.3 is 15.0 Å². The van der Waals surface area contributed by atoms with Crippen LogP contribution in [0.3, 0.4) is 0 Å². The third-order valence-corrected chi connectivity index (χ3v) is 3.22. The van der Waals surface area contributed by atoms with Crippen LogP contribution in [0.2, 0.25) is 0 Å². The lowest BCUT2D eigenvalue weighted by atomic mass is 10.0. The number of hydrogen-bond acceptors (Lipinski definition) is 3. The van der Waals surface area contributed by atoms with Crippen LogP contribution in [0.1, 0.15) is 12.5 Å². The molecule has 0 saturated carbocycles. The molecule has 1 N–H and O–H groups in total. The molecule has 5 heteroatoms. The zero-order valence-electron chi connectivity index (χ0n) is 11.3. The first-order valence-electron chi connectivity index (χ1n) is 6.48. The van der Waals surface area contributed by atoms with E-state index in [1.54, 1.807) is 24.1 Å². The van der Waals surface area contributed by atoms with Crippen molar-refractivity contribution in [2.75, 3.05) is 26.7 Å². The van der Waals surface area contributed by atoms with E-state index in [2.05, 4.69) is 5.32 Å². The summed E-state index contributed by atoms with van der Waals surface area (Å²) in [5.41, 5.74) is 0.768. The number of nitrogens with zero attached hydrogens (tertiary/aromatic N) is 1. The van der Waals surface area contributed by atoms with Crippen LogP contribution in [0.5, 0.6) is 5.75 Å². The molecule has 0 spiro atoms. The van der Waals surface area contributed by atoms with Crippen LogP contribution in [0.15, 0.2) is 18.2 Å². The molecule has 1 aliphatic rings. The van der Waals surface area contributed by atoms with Gasteiger partial charge in [0.1, 0.15) is 0 Å². The van der Waals surface area contributed by atoms with Crippen molar-refractivity contribution < 1.29 is 13.9 Å². The second-order valence-electron chi connectivity index (χ2n) is 4.75. The van der Waals surface area contributed by atoms with E-state index in [0.29, 0.717) is 13.2 Å². The predicted octanol–water partition coefficient (Wildman–Crippen LogP) is 1.40. The van der Waals surface area contributed by atoms with Crippen molar-refractivity contribution in [3.63, 3.8) is 0 Å². The number of amides is 1. The summed E-state index contributed by atoms with van der Waals surface area (Å²) in [7, 11) is 1.75. The van der Waals surface area contributed by atoms with Gasteiger partial charge in [0.2, 0.25) is 5.91 Å². The van der Waals surface area contributed by atoms with Crippen molar-refractivity contribution in [1.82, 2.24) is 10.2 Å². The first kappa shape index (κ1) is 13.8. The average Bonchev–Trinajstić information content (AvgIpc) is 2.30. The Balaban J connectivity index is 1.98.